The van der Waals surface area contributed by atoms with Gasteiger partial charge in [-0.25, -0.2) is 0 Å². The average molecular weight is 206 g/mol. The Morgan fingerprint density at radius 2 is 2.14 bits per heavy atom. The average Bonchev–Trinajstić information content (AvgIpc) is 2.19. The van der Waals surface area contributed by atoms with Gasteiger partial charge in [-0.2, -0.15) is 11.8 Å². The molecular weight excluding hydrogens is 194 g/mol. The number of thioether (sulfide) groups is 1. The van der Waals surface area contributed by atoms with E-state index >= 15 is 0 Å². The monoisotopic (exact) mass is 206 g/mol. The first-order valence-corrected chi connectivity index (χ1v) is 5.62. The fourth-order valence-electron chi connectivity index (χ4n) is 1.18. The molecule has 0 aliphatic heterocycles. The smallest absolute Gasteiger partial charge is 0.423 e. The van der Waals surface area contributed by atoms with Gasteiger partial charge in [0.2, 0.25) is 0 Å². The summed E-state index contributed by atoms with van der Waals surface area (Å²) >= 11 is 1.67. The highest BCUT2D eigenvalue weighted by Crippen LogP contribution is 2.04. The predicted octanol–water partition coefficient (Wildman–Crippen LogP) is -0.232. The molecule has 0 unspecified atom stereocenters. The zero-order valence-electron chi connectivity index (χ0n) is 7.89. The summed E-state index contributed by atoms with van der Waals surface area (Å²) in [5, 5.41) is 17.9. The van der Waals surface area contributed by atoms with E-state index < -0.39 is 7.12 Å². The zero-order chi connectivity index (χ0) is 10.4. The van der Waals surface area contributed by atoms with Gasteiger partial charge in [-0.15, -0.1) is 0 Å². The van der Waals surface area contributed by atoms with Crippen molar-refractivity contribution in [3.63, 3.8) is 0 Å². The predicted molar refractivity (Wildman–Crippen MR) is 63.1 cm³/mol. The van der Waals surface area contributed by atoms with Crippen LogP contribution in [-0.2, 0) is 6.42 Å². The number of aryl methyl sites for hydroxylation is 1. The highest BCUT2D eigenvalue weighted by molar-refractivity contribution is 8.00. The normalized spacial score (nSPS) is 10.1. The Balaban J connectivity index is 2.55. The second-order valence-electron chi connectivity index (χ2n) is 2.94. The first kappa shape index (κ1) is 11.7. The quantitative estimate of drug-likeness (QED) is 0.516. The molecule has 1 aromatic carbocycles. The summed E-state index contributed by atoms with van der Waals surface area (Å²) in [7, 11) is 3.98. The molecule has 0 saturated carbocycles. The second kappa shape index (κ2) is 6.17. The zero-order valence-corrected chi connectivity index (χ0v) is 8.70. The molecular formula is C9H12B2O2S. The van der Waals surface area contributed by atoms with E-state index in [4.69, 9.17) is 17.9 Å². The molecule has 5 heteroatoms. The molecule has 1 aromatic rings. The lowest BCUT2D eigenvalue weighted by Gasteiger charge is -2.03. The van der Waals surface area contributed by atoms with E-state index in [9.17, 15) is 0 Å². The van der Waals surface area contributed by atoms with Crippen molar-refractivity contribution in [2.24, 2.45) is 0 Å². The third-order valence-corrected chi connectivity index (χ3v) is 2.63. The van der Waals surface area contributed by atoms with Crippen LogP contribution in [-0.4, -0.2) is 36.4 Å². The number of hydrogen-bond donors (Lipinski definition) is 2. The van der Waals surface area contributed by atoms with Gasteiger partial charge in [0.1, 0.15) is 0 Å². The molecule has 2 radical (unpaired) electrons. The van der Waals surface area contributed by atoms with Crippen LogP contribution in [0.5, 0.6) is 0 Å². The second-order valence-corrected chi connectivity index (χ2v) is 4.09. The van der Waals surface area contributed by atoms with Crippen LogP contribution in [0.15, 0.2) is 24.3 Å². The van der Waals surface area contributed by atoms with Gasteiger partial charge in [-0.3, -0.25) is 0 Å². The maximum atomic E-state index is 8.95. The molecule has 0 amide bonds. The summed E-state index contributed by atoms with van der Waals surface area (Å²) in [5.41, 5.74) is 2.28. The van der Waals surface area contributed by atoms with Gasteiger partial charge >= 0.3 is 7.12 Å². The van der Waals surface area contributed by atoms with E-state index in [2.05, 4.69) is 0 Å². The molecule has 0 saturated heterocycles. The Hall–Kier alpha value is -0.380. The molecule has 0 bridgehead atoms. The summed E-state index contributed by atoms with van der Waals surface area (Å²) < 4.78 is 0. The van der Waals surface area contributed by atoms with Crippen molar-refractivity contribution in [1.29, 1.82) is 0 Å². The van der Waals surface area contributed by atoms with E-state index in [1.165, 1.54) is 0 Å². The maximum absolute atomic E-state index is 8.95. The lowest BCUT2D eigenvalue weighted by molar-refractivity contribution is 0.425. The van der Waals surface area contributed by atoms with Crippen LogP contribution in [0.2, 0.25) is 0 Å². The fraction of sp³-hybridized carbons (Fsp3) is 0.333. The molecule has 2 N–H and O–H groups in total. The summed E-state index contributed by atoms with van der Waals surface area (Å²) in [4.78, 5) is 0. The van der Waals surface area contributed by atoms with Gasteiger partial charge in [0.15, 0.2) is 0 Å². The lowest BCUT2D eigenvalue weighted by Crippen LogP contribution is -2.29. The third-order valence-electron chi connectivity index (χ3n) is 1.90. The van der Waals surface area contributed by atoms with E-state index in [1.807, 2.05) is 18.2 Å². The minimum atomic E-state index is -1.38. The molecule has 0 atom stereocenters. The van der Waals surface area contributed by atoms with Gasteiger partial charge in [0, 0.05) is 0 Å². The van der Waals surface area contributed by atoms with Gasteiger partial charge in [0.05, 0.1) is 7.85 Å². The Morgan fingerprint density at radius 3 is 2.79 bits per heavy atom. The Kier molecular flexibility index (Phi) is 5.15. The fourth-order valence-corrected chi connectivity index (χ4v) is 1.73. The van der Waals surface area contributed by atoms with E-state index in [0.717, 1.165) is 17.7 Å². The van der Waals surface area contributed by atoms with Crippen molar-refractivity contribution in [3.8, 4) is 0 Å². The molecule has 0 heterocycles. The third kappa shape index (κ3) is 3.78. The van der Waals surface area contributed by atoms with Crippen LogP contribution in [0.4, 0.5) is 0 Å². The van der Waals surface area contributed by atoms with Crippen molar-refractivity contribution >= 4 is 32.2 Å². The molecule has 72 valence electrons. The first-order chi connectivity index (χ1) is 6.74. The van der Waals surface area contributed by atoms with E-state index in [1.54, 1.807) is 17.8 Å². The molecule has 14 heavy (non-hydrogen) atoms. The molecule has 1 rings (SSSR count). The van der Waals surface area contributed by atoms with Crippen molar-refractivity contribution in [3.05, 3.63) is 29.8 Å². The highest BCUT2D eigenvalue weighted by Gasteiger charge is 2.10. The lowest BCUT2D eigenvalue weighted by atomic mass is 9.79. The minimum Gasteiger partial charge on any atom is -0.423 e. The van der Waals surface area contributed by atoms with Crippen LogP contribution < -0.4 is 5.46 Å². The van der Waals surface area contributed by atoms with Gasteiger partial charge in [-0.1, -0.05) is 24.3 Å². The number of benzene rings is 1. The van der Waals surface area contributed by atoms with Crippen molar-refractivity contribution in [1.82, 2.24) is 0 Å². The standard InChI is InChI=1S/C9H12B2O2S/c10-7-14-5-4-8-2-1-3-9(6-8)11(12)13/h1-3,6,12-13H,4-5,7H2. The SMILES string of the molecule is [B]CSCCc1cccc(B(O)O)c1. The summed E-state index contributed by atoms with van der Waals surface area (Å²) in [6.07, 6.45) is 0.905. The van der Waals surface area contributed by atoms with Crippen LogP contribution in [0.1, 0.15) is 5.56 Å². The Labute approximate surface area is 90.3 Å². The van der Waals surface area contributed by atoms with Crippen molar-refractivity contribution in [2.45, 2.75) is 6.42 Å². The number of rotatable bonds is 5. The Bertz CT molecular complexity index is 281. The van der Waals surface area contributed by atoms with Gasteiger partial charge in [-0.05, 0) is 28.9 Å². The Morgan fingerprint density at radius 1 is 1.36 bits per heavy atom. The van der Waals surface area contributed by atoms with Crippen LogP contribution in [0, 0.1) is 0 Å². The summed E-state index contributed by atoms with van der Waals surface area (Å²) in [6, 6.07) is 7.31. The van der Waals surface area contributed by atoms with Crippen LogP contribution >= 0.6 is 11.8 Å². The largest absolute Gasteiger partial charge is 0.488 e. The van der Waals surface area contributed by atoms with Crippen molar-refractivity contribution in [2.75, 3.05) is 11.4 Å². The summed E-state index contributed by atoms with van der Waals surface area (Å²) in [6.45, 7) is 0. The van der Waals surface area contributed by atoms with Gasteiger partial charge < -0.3 is 10.0 Å². The molecule has 0 aromatic heterocycles. The summed E-state index contributed by atoms with van der Waals surface area (Å²) in [5.74, 6) is 0.960. The van der Waals surface area contributed by atoms with E-state index in [-0.39, 0.29) is 0 Å². The maximum Gasteiger partial charge on any atom is 0.488 e. The molecule has 0 spiro atoms. The minimum absolute atomic E-state index is 0.542. The molecule has 0 fully saturated rings. The van der Waals surface area contributed by atoms with Gasteiger partial charge in [0.25, 0.3) is 0 Å². The van der Waals surface area contributed by atoms with Crippen molar-refractivity contribution < 1.29 is 10.0 Å². The molecule has 2 nitrogen and oxygen atoms in total. The molecule has 0 aliphatic carbocycles. The van der Waals surface area contributed by atoms with E-state index in [0.29, 0.717) is 11.1 Å². The van der Waals surface area contributed by atoms with Crippen LogP contribution in [0.3, 0.4) is 0 Å². The van der Waals surface area contributed by atoms with Crippen LogP contribution in [0.25, 0.3) is 0 Å². The first-order valence-electron chi connectivity index (χ1n) is 4.47. The number of hydrogen-bond acceptors (Lipinski definition) is 3. The topological polar surface area (TPSA) is 40.5 Å². The highest BCUT2D eigenvalue weighted by atomic mass is 32.2. The molecule has 0 aliphatic rings.